The largest absolute Gasteiger partial charge is 0.323 e. The van der Waals surface area contributed by atoms with Crippen LogP contribution in [0.1, 0.15) is 17.2 Å². The van der Waals surface area contributed by atoms with Crippen LogP contribution < -0.4 is 5.32 Å². The number of amides is 2. The highest BCUT2D eigenvalue weighted by Crippen LogP contribution is 2.24. The highest BCUT2D eigenvalue weighted by molar-refractivity contribution is 6.05. The third kappa shape index (κ3) is 1.58. The predicted molar refractivity (Wildman–Crippen MR) is 57.9 cm³/mol. The van der Waals surface area contributed by atoms with Crippen LogP contribution in [0.25, 0.3) is 0 Å². The lowest BCUT2D eigenvalue weighted by Gasteiger charge is -2.18. The molecule has 2 rings (SSSR count). The first-order valence-electron chi connectivity index (χ1n) is 4.78. The normalized spacial score (nSPS) is 20.7. The third-order valence-electron chi connectivity index (χ3n) is 2.58. The van der Waals surface area contributed by atoms with Gasteiger partial charge in [-0.25, -0.2) is 4.79 Å². The van der Waals surface area contributed by atoms with Gasteiger partial charge >= 0.3 is 6.03 Å². The van der Waals surface area contributed by atoms with Crippen molar-refractivity contribution in [3.8, 4) is 0 Å². The van der Waals surface area contributed by atoms with Crippen LogP contribution in [-0.2, 0) is 0 Å². The van der Waals surface area contributed by atoms with Gasteiger partial charge in [0.1, 0.15) is 11.9 Å². The summed E-state index contributed by atoms with van der Waals surface area (Å²) >= 11 is 0. The fraction of sp³-hybridized carbons (Fsp3) is 0.273. The molecular formula is C11H13N3O. The maximum Gasteiger partial charge on any atom is 0.323 e. The van der Waals surface area contributed by atoms with Gasteiger partial charge in [-0.3, -0.25) is 10.7 Å². The number of rotatable bonds is 1. The lowest BCUT2D eigenvalue weighted by molar-refractivity contribution is 0.217. The summed E-state index contributed by atoms with van der Waals surface area (Å²) in [5.41, 5.74) is 2.11. The number of carbonyl (C=O) groups is 1. The van der Waals surface area contributed by atoms with E-state index in [1.165, 1.54) is 4.90 Å². The Balaban J connectivity index is 2.39. The van der Waals surface area contributed by atoms with Gasteiger partial charge in [0.05, 0.1) is 0 Å². The highest BCUT2D eigenvalue weighted by Gasteiger charge is 2.33. The molecule has 0 saturated carbocycles. The number of carbonyl (C=O) groups excluding carboxylic acids is 1. The van der Waals surface area contributed by atoms with Gasteiger partial charge in [0.25, 0.3) is 0 Å². The van der Waals surface area contributed by atoms with E-state index < -0.39 is 0 Å². The molecule has 0 bridgehead atoms. The zero-order valence-electron chi connectivity index (χ0n) is 8.74. The van der Waals surface area contributed by atoms with Gasteiger partial charge in [0.2, 0.25) is 0 Å². The zero-order chi connectivity index (χ0) is 11.0. The Bertz CT molecular complexity index is 428. The molecule has 0 aliphatic carbocycles. The van der Waals surface area contributed by atoms with Crippen LogP contribution >= 0.6 is 0 Å². The summed E-state index contributed by atoms with van der Waals surface area (Å²) in [6.07, 6.45) is 0. The number of aryl methyl sites for hydroxylation is 1. The maximum atomic E-state index is 11.3. The second-order valence-corrected chi connectivity index (χ2v) is 3.77. The molecule has 1 aliphatic rings. The summed E-state index contributed by atoms with van der Waals surface area (Å²) in [5.74, 6) is 0.244. The number of hydrogen-bond acceptors (Lipinski definition) is 2. The van der Waals surface area contributed by atoms with Crippen LogP contribution in [0.15, 0.2) is 24.3 Å². The zero-order valence-corrected chi connectivity index (χ0v) is 8.74. The van der Waals surface area contributed by atoms with Gasteiger partial charge < -0.3 is 4.90 Å². The first-order valence-corrected chi connectivity index (χ1v) is 4.78. The molecular weight excluding hydrogens is 190 g/mol. The highest BCUT2D eigenvalue weighted by atomic mass is 16.2. The minimum atomic E-state index is -0.266. The molecule has 1 unspecified atom stereocenters. The molecule has 0 aromatic heterocycles. The molecule has 1 aromatic carbocycles. The lowest BCUT2D eigenvalue weighted by atomic mass is 10.0. The molecule has 2 amide bonds. The predicted octanol–water partition coefficient (Wildman–Crippen LogP) is 1.67. The second-order valence-electron chi connectivity index (χ2n) is 3.77. The molecule has 15 heavy (non-hydrogen) atoms. The molecule has 1 aromatic rings. The quantitative estimate of drug-likeness (QED) is 0.716. The summed E-state index contributed by atoms with van der Waals surface area (Å²) in [6.45, 7) is 2.00. The number of urea groups is 1. The van der Waals surface area contributed by atoms with Gasteiger partial charge in [-0.1, -0.05) is 29.8 Å². The lowest BCUT2D eigenvalue weighted by Crippen LogP contribution is -2.25. The van der Waals surface area contributed by atoms with E-state index in [1.54, 1.807) is 7.05 Å². The van der Waals surface area contributed by atoms with E-state index in [0.717, 1.165) is 11.1 Å². The van der Waals surface area contributed by atoms with E-state index in [1.807, 2.05) is 31.2 Å². The summed E-state index contributed by atoms with van der Waals surface area (Å²) < 4.78 is 0. The van der Waals surface area contributed by atoms with E-state index in [0.29, 0.717) is 0 Å². The van der Waals surface area contributed by atoms with Crippen molar-refractivity contribution >= 4 is 11.9 Å². The maximum absolute atomic E-state index is 11.3. The second kappa shape index (κ2) is 3.38. The average molecular weight is 203 g/mol. The molecule has 1 saturated heterocycles. The van der Waals surface area contributed by atoms with E-state index in [-0.39, 0.29) is 17.9 Å². The number of benzene rings is 1. The van der Waals surface area contributed by atoms with Crippen molar-refractivity contribution in [2.75, 3.05) is 7.05 Å². The third-order valence-corrected chi connectivity index (χ3v) is 2.58. The molecule has 1 atom stereocenters. The number of amidine groups is 1. The SMILES string of the molecule is Cc1cccc(C2C(=N)NC(=O)N2C)c1. The van der Waals surface area contributed by atoms with E-state index in [4.69, 9.17) is 5.41 Å². The van der Waals surface area contributed by atoms with E-state index in [2.05, 4.69) is 5.32 Å². The van der Waals surface area contributed by atoms with Crippen molar-refractivity contribution in [3.05, 3.63) is 35.4 Å². The van der Waals surface area contributed by atoms with Crippen LogP contribution in [0.5, 0.6) is 0 Å². The molecule has 1 aliphatic heterocycles. The fourth-order valence-corrected chi connectivity index (χ4v) is 1.81. The molecule has 0 spiro atoms. The van der Waals surface area contributed by atoms with Crippen LogP contribution in [-0.4, -0.2) is 23.8 Å². The van der Waals surface area contributed by atoms with Crippen LogP contribution in [0.2, 0.25) is 0 Å². The van der Waals surface area contributed by atoms with E-state index >= 15 is 0 Å². The minimum absolute atomic E-state index is 0.216. The van der Waals surface area contributed by atoms with Crippen molar-refractivity contribution in [2.45, 2.75) is 13.0 Å². The number of nitrogens with zero attached hydrogens (tertiary/aromatic N) is 1. The first kappa shape index (κ1) is 9.71. The molecule has 1 fully saturated rings. The van der Waals surface area contributed by atoms with Crippen molar-refractivity contribution in [3.63, 3.8) is 0 Å². The molecule has 4 heteroatoms. The molecule has 4 nitrogen and oxygen atoms in total. The van der Waals surface area contributed by atoms with Gasteiger partial charge in [-0.05, 0) is 12.5 Å². The van der Waals surface area contributed by atoms with Crippen LogP contribution in [0, 0.1) is 12.3 Å². The monoisotopic (exact) mass is 203 g/mol. The minimum Gasteiger partial charge on any atom is -0.313 e. The Morgan fingerprint density at radius 2 is 2.20 bits per heavy atom. The molecule has 78 valence electrons. The summed E-state index contributed by atoms with van der Waals surface area (Å²) in [7, 11) is 1.70. The molecule has 1 heterocycles. The Labute approximate surface area is 88.4 Å². The topological polar surface area (TPSA) is 56.2 Å². The number of likely N-dealkylation sites (N-methyl/N-ethyl adjacent to an activating group) is 1. The van der Waals surface area contributed by atoms with Crippen molar-refractivity contribution in [1.82, 2.24) is 10.2 Å². The van der Waals surface area contributed by atoms with E-state index in [9.17, 15) is 4.79 Å². The van der Waals surface area contributed by atoms with Gasteiger partial charge in [0, 0.05) is 7.05 Å². The van der Waals surface area contributed by atoms with Crippen molar-refractivity contribution < 1.29 is 4.79 Å². The average Bonchev–Trinajstić information content (AvgIpc) is 2.41. The van der Waals surface area contributed by atoms with Crippen LogP contribution in [0.3, 0.4) is 0 Å². The number of nitrogens with one attached hydrogen (secondary N) is 2. The summed E-state index contributed by atoms with van der Waals surface area (Å²) in [6, 6.07) is 7.38. The Morgan fingerprint density at radius 3 is 2.73 bits per heavy atom. The Morgan fingerprint density at radius 1 is 1.47 bits per heavy atom. The smallest absolute Gasteiger partial charge is 0.313 e. The fourth-order valence-electron chi connectivity index (χ4n) is 1.81. The Kier molecular flexibility index (Phi) is 2.19. The summed E-state index contributed by atoms with van der Waals surface area (Å²) in [4.78, 5) is 12.9. The number of hydrogen-bond donors (Lipinski definition) is 2. The van der Waals surface area contributed by atoms with Crippen molar-refractivity contribution in [1.29, 1.82) is 5.41 Å². The van der Waals surface area contributed by atoms with Crippen molar-refractivity contribution in [2.24, 2.45) is 0 Å². The first-order chi connectivity index (χ1) is 7.09. The van der Waals surface area contributed by atoms with Crippen LogP contribution in [0.4, 0.5) is 4.79 Å². The van der Waals surface area contributed by atoms with Gasteiger partial charge in [-0.2, -0.15) is 0 Å². The summed E-state index contributed by atoms with van der Waals surface area (Å²) in [5, 5.41) is 10.2. The standard InChI is InChI=1S/C11H13N3O/c1-7-4-3-5-8(6-7)9-10(12)13-11(15)14(9)2/h3-6,9H,1-2H3,(H2,12,13,15). The van der Waals surface area contributed by atoms with Gasteiger partial charge in [-0.15, -0.1) is 0 Å². The van der Waals surface area contributed by atoms with Gasteiger partial charge in [0.15, 0.2) is 0 Å². The molecule has 0 radical (unpaired) electrons. The Hall–Kier alpha value is -1.84. The molecule has 2 N–H and O–H groups in total.